The maximum atomic E-state index is 12.3. The molecule has 0 saturated heterocycles. The van der Waals surface area contributed by atoms with Gasteiger partial charge in [-0.3, -0.25) is 4.68 Å². The fourth-order valence-corrected chi connectivity index (χ4v) is 3.40. The number of rotatable bonds is 6. The van der Waals surface area contributed by atoms with Crippen molar-refractivity contribution in [3.63, 3.8) is 0 Å². The molecule has 1 atom stereocenters. The van der Waals surface area contributed by atoms with Gasteiger partial charge in [0.15, 0.2) is 0 Å². The van der Waals surface area contributed by atoms with E-state index in [1.807, 2.05) is 20.2 Å². The van der Waals surface area contributed by atoms with Crippen LogP contribution in [0.4, 0.5) is 4.79 Å². The highest BCUT2D eigenvalue weighted by molar-refractivity contribution is 7.11. The maximum Gasteiger partial charge on any atom is 0.317 e. The van der Waals surface area contributed by atoms with E-state index in [9.17, 15) is 4.79 Å². The van der Waals surface area contributed by atoms with Crippen molar-refractivity contribution in [1.82, 2.24) is 25.0 Å². The highest BCUT2D eigenvalue weighted by atomic mass is 32.1. The Balaban J connectivity index is 1.83. The third-order valence-electron chi connectivity index (χ3n) is 4.00. The summed E-state index contributed by atoms with van der Waals surface area (Å²) in [5, 5.41) is 8.20. The van der Waals surface area contributed by atoms with E-state index in [1.54, 1.807) is 34.2 Å². The van der Waals surface area contributed by atoms with Crippen LogP contribution in [0, 0.1) is 6.92 Å². The summed E-state index contributed by atoms with van der Waals surface area (Å²) in [7, 11) is 3.67. The van der Waals surface area contributed by atoms with Gasteiger partial charge in [0, 0.05) is 43.7 Å². The quantitative estimate of drug-likeness (QED) is 0.883. The molecule has 0 saturated carbocycles. The highest BCUT2D eigenvalue weighted by Gasteiger charge is 2.18. The van der Waals surface area contributed by atoms with Gasteiger partial charge in [-0.2, -0.15) is 5.10 Å². The summed E-state index contributed by atoms with van der Waals surface area (Å²) in [6.45, 7) is 6.80. The van der Waals surface area contributed by atoms with Gasteiger partial charge in [-0.05, 0) is 20.3 Å². The van der Waals surface area contributed by atoms with Crippen LogP contribution in [0.1, 0.15) is 41.0 Å². The van der Waals surface area contributed by atoms with E-state index in [0.29, 0.717) is 6.54 Å². The first-order chi connectivity index (χ1) is 10.9. The molecule has 2 rings (SSSR count). The Kier molecular flexibility index (Phi) is 5.76. The van der Waals surface area contributed by atoms with Gasteiger partial charge in [0.25, 0.3) is 0 Å². The zero-order valence-electron chi connectivity index (χ0n) is 14.5. The van der Waals surface area contributed by atoms with Crippen LogP contribution >= 0.6 is 11.3 Å². The van der Waals surface area contributed by atoms with E-state index < -0.39 is 0 Å². The van der Waals surface area contributed by atoms with Gasteiger partial charge in [0.1, 0.15) is 0 Å². The van der Waals surface area contributed by atoms with Crippen molar-refractivity contribution in [1.29, 1.82) is 0 Å². The number of nitrogens with one attached hydrogen (secondary N) is 1. The maximum absolute atomic E-state index is 12.3. The Morgan fingerprint density at radius 2 is 2.26 bits per heavy atom. The molecule has 126 valence electrons. The second kappa shape index (κ2) is 7.59. The van der Waals surface area contributed by atoms with Gasteiger partial charge in [-0.1, -0.05) is 6.92 Å². The number of urea groups is 1. The van der Waals surface area contributed by atoms with Crippen molar-refractivity contribution in [2.75, 3.05) is 13.6 Å². The van der Waals surface area contributed by atoms with Crippen molar-refractivity contribution < 1.29 is 4.79 Å². The molecule has 0 aliphatic rings. The molecule has 7 heteroatoms. The van der Waals surface area contributed by atoms with Crippen LogP contribution in [0.25, 0.3) is 0 Å². The van der Waals surface area contributed by atoms with Crippen LogP contribution in [0.3, 0.4) is 0 Å². The van der Waals surface area contributed by atoms with Crippen LogP contribution in [-0.2, 0) is 19.9 Å². The van der Waals surface area contributed by atoms with E-state index in [-0.39, 0.29) is 12.1 Å². The number of carbonyl (C=O) groups is 1. The molecule has 0 bridgehead atoms. The SMILES string of the molecule is CCc1nc(CCNC(=O)N(C)[C@@H](C)c2cnn(C)c2)sc1C. The predicted molar refractivity (Wildman–Crippen MR) is 92.7 cm³/mol. The molecule has 23 heavy (non-hydrogen) atoms. The topological polar surface area (TPSA) is 63.1 Å². The molecule has 6 nitrogen and oxygen atoms in total. The van der Waals surface area contributed by atoms with E-state index in [2.05, 4.69) is 29.2 Å². The number of nitrogens with zero attached hydrogens (tertiary/aromatic N) is 4. The van der Waals surface area contributed by atoms with Crippen LogP contribution in [-0.4, -0.2) is 39.3 Å². The van der Waals surface area contributed by atoms with Gasteiger partial charge in [0.2, 0.25) is 0 Å². The molecule has 2 heterocycles. The molecule has 2 amide bonds. The Morgan fingerprint density at radius 3 is 2.83 bits per heavy atom. The number of carbonyl (C=O) groups excluding carboxylic acids is 1. The molecular weight excluding hydrogens is 310 g/mol. The molecule has 0 radical (unpaired) electrons. The van der Waals surface area contributed by atoms with Crippen LogP contribution in [0.2, 0.25) is 0 Å². The third-order valence-corrected chi connectivity index (χ3v) is 5.07. The average Bonchev–Trinajstić information content (AvgIpc) is 3.11. The smallest absolute Gasteiger partial charge is 0.317 e. The van der Waals surface area contributed by atoms with Gasteiger partial charge < -0.3 is 10.2 Å². The Labute approximate surface area is 141 Å². The Bertz CT molecular complexity index is 663. The molecule has 2 aromatic heterocycles. The fourth-order valence-electron chi connectivity index (χ4n) is 2.38. The third kappa shape index (κ3) is 4.31. The van der Waals surface area contributed by atoms with Crippen LogP contribution in [0.15, 0.2) is 12.4 Å². The minimum atomic E-state index is -0.0784. The summed E-state index contributed by atoms with van der Waals surface area (Å²) in [4.78, 5) is 19.8. The fraction of sp³-hybridized carbons (Fsp3) is 0.562. The second-order valence-electron chi connectivity index (χ2n) is 5.68. The normalized spacial score (nSPS) is 12.2. The molecule has 1 N–H and O–H groups in total. The van der Waals surface area contributed by atoms with E-state index in [1.165, 1.54) is 10.6 Å². The number of thiazole rings is 1. The van der Waals surface area contributed by atoms with E-state index >= 15 is 0 Å². The summed E-state index contributed by atoms with van der Waals surface area (Å²) >= 11 is 1.72. The second-order valence-corrected chi connectivity index (χ2v) is 6.97. The number of amides is 2. The first kappa shape index (κ1) is 17.5. The highest BCUT2D eigenvalue weighted by Crippen LogP contribution is 2.19. The molecule has 0 aliphatic heterocycles. The Hall–Kier alpha value is -1.89. The largest absolute Gasteiger partial charge is 0.338 e. The lowest BCUT2D eigenvalue weighted by atomic mass is 10.2. The number of aromatic nitrogens is 3. The van der Waals surface area contributed by atoms with E-state index in [4.69, 9.17) is 0 Å². The lowest BCUT2D eigenvalue weighted by molar-refractivity contribution is 0.194. The van der Waals surface area contributed by atoms with Crippen molar-refractivity contribution in [3.05, 3.63) is 33.5 Å². The van der Waals surface area contributed by atoms with Crippen LogP contribution < -0.4 is 5.32 Å². The van der Waals surface area contributed by atoms with Crippen molar-refractivity contribution in [2.24, 2.45) is 7.05 Å². The molecule has 0 fully saturated rings. The zero-order valence-corrected chi connectivity index (χ0v) is 15.3. The minimum absolute atomic E-state index is 0.0162. The van der Waals surface area contributed by atoms with Crippen LogP contribution in [0.5, 0.6) is 0 Å². The lowest BCUT2D eigenvalue weighted by Crippen LogP contribution is -2.39. The Morgan fingerprint density at radius 1 is 1.52 bits per heavy atom. The molecule has 0 aromatic carbocycles. The average molecular weight is 335 g/mol. The molecular formula is C16H25N5OS. The molecule has 0 unspecified atom stereocenters. The summed E-state index contributed by atoms with van der Waals surface area (Å²) in [5.41, 5.74) is 2.19. The van der Waals surface area contributed by atoms with Crippen molar-refractivity contribution >= 4 is 17.4 Å². The van der Waals surface area contributed by atoms with Gasteiger partial charge in [-0.15, -0.1) is 11.3 Å². The standard InChI is InChI=1S/C16H25N5OS/c1-6-14-12(3)23-15(19-14)7-8-17-16(22)21(5)11(2)13-9-18-20(4)10-13/h9-11H,6-8H2,1-5H3,(H,17,22)/t11-/m0/s1. The first-order valence-electron chi connectivity index (χ1n) is 7.86. The molecule has 0 spiro atoms. The van der Waals surface area contributed by atoms with Gasteiger partial charge >= 0.3 is 6.03 Å². The first-order valence-corrected chi connectivity index (χ1v) is 8.68. The van der Waals surface area contributed by atoms with Gasteiger partial charge in [-0.25, -0.2) is 9.78 Å². The number of aryl methyl sites for hydroxylation is 3. The summed E-state index contributed by atoms with van der Waals surface area (Å²) in [6.07, 6.45) is 5.45. The molecule has 2 aromatic rings. The van der Waals surface area contributed by atoms with E-state index in [0.717, 1.165) is 23.4 Å². The lowest BCUT2D eigenvalue weighted by Gasteiger charge is -2.24. The number of hydrogen-bond acceptors (Lipinski definition) is 4. The summed E-state index contributed by atoms with van der Waals surface area (Å²) in [6, 6.07) is -0.0946. The van der Waals surface area contributed by atoms with Gasteiger partial charge in [0.05, 0.1) is 22.9 Å². The zero-order chi connectivity index (χ0) is 17.0. The minimum Gasteiger partial charge on any atom is -0.338 e. The molecule has 0 aliphatic carbocycles. The predicted octanol–water partition coefficient (Wildman–Crippen LogP) is 2.69. The van der Waals surface area contributed by atoms with Crippen molar-refractivity contribution in [3.8, 4) is 0 Å². The summed E-state index contributed by atoms with van der Waals surface area (Å²) < 4.78 is 1.74. The summed E-state index contributed by atoms with van der Waals surface area (Å²) in [5.74, 6) is 0. The van der Waals surface area contributed by atoms with Crippen molar-refractivity contribution in [2.45, 2.75) is 39.7 Å². The monoisotopic (exact) mass is 335 g/mol. The number of hydrogen-bond donors (Lipinski definition) is 1.